The maximum atomic E-state index is 13.8. The lowest BCUT2D eigenvalue weighted by atomic mass is 10.2. The first-order valence-corrected chi connectivity index (χ1v) is 16.0. The van der Waals surface area contributed by atoms with Gasteiger partial charge < -0.3 is 9.47 Å². The largest absolute Gasteiger partial charge is 0.492 e. The van der Waals surface area contributed by atoms with Gasteiger partial charge in [-0.25, -0.2) is 13.4 Å². The van der Waals surface area contributed by atoms with Crippen molar-refractivity contribution in [1.29, 1.82) is 0 Å². The number of para-hydroxylation sites is 1. The lowest BCUT2D eigenvalue weighted by Crippen LogP contribution is -2.39. The van der Waals surface area contributed by atoms with Gasteiger partial charge in [0, 0.05) is 44.8 Å². The highest BCUT2D eigenvalue weighted by atomic mass is 32.2. The normalized spacial score (nSPS) is 17.4. The summed E-state index contributed by atoms with van der Waals surface area (Å²) in [5.41, 5.74) is 1.18. The van der Waals surface area contributed by atoms with E-state index in [9.17, 15) is 13.2 Å². The van der Waals surface area contributed by atoms with Gasteiger partial charge in [0.1, 0.15) is 11.3 Å². The molecule has 2 saturated heterocycles. The standard InChI is InChI=1S/C28H36N4O5S2/c1-2-37-24-8-6-9-25-26(24)29-28(38-25)32(17-7-14-30-18-20-36-21-19-30)27(33)22-10-12-23(13-11-22)39(34,35)31-15-4-3-5-16-31/h6,8-13H,2-5,7,14-21H2,1H3. The minimum absolute atomic E-state index is 0.198. The van der Waals surface area contributed by atoms with E-state index in [0.29, 0.717) is 42.7 Å². The molecule has 3 heterocycles. The summed E-state index contributed by atoms with van der Waals surface area (Å²) in [6.45, 7) is 8.13. The molecule has 39 heavy (non-hydrogen) atoms. The van der Waals surface area contributed by atoms with Crippen LogP contribution in [0.5, 0.6) is 5.75 Å². The summed E-state index contributed by atoms with van der Waals surface area (Å²) in [4.78, 5) is 23.0. The molecule has 1 aromatic heterocycles. The quantitative estimate of drug-likeness (QED) is 0.359. The van der Waals surface area contributed by atoms with E-state index in [-0.39, 0.29) is 10.8 Å². The maximum absolute atomic E-state index is 13.8. The van der Waals surface area contributed by atoms with E-state index >= 15 is 0 Å². The van der Waals surface area contributed by atoms with Crippen LogP contribution >= 0.6 is 11.3 Å². The average molecular weight is 573 g/mol. The van der Waals surface area contributed by atoms with Crippen molar-refractivity contribution in [3.63, 3.8) is 0 Å². The number of aromatic nitrogens is 1. The molecule has 2 fully saturated rings. The minimum Gasteiger partial charge on any atom is -0.492 e. The Morgan fingerprint density at radius 3 is 2.51 bits per heavy atom. The Morgan fingerprint density at radius 1 is 1.05 bits per heavy atom. The monoisotopic (exact) mass is 572 g/mol. The molecule has 3 aromatic rings. The summed E-state index contributed by atoms with van der Waals surface area (Å²) in [5, 5.41) is 0.606. The Balaban J connectivity index is 1.39. The first-order chi connectivity index (χ1) is 19.0. The minimum atomic E-state index is -3.56. The smallest absolute Gasteiger partial charge is 0.260 e. The van der Waals surface area contributed by atoms with Crippen LogP contribution in [0.25, 0.3) is 10.2 Å². The number of amides is 1. The number of carbonyl (C=O) groups excluding carboxylic acids is 1. The Bertz CT molecular complexity index is 1360. The van der Waals surface area contributed by atoms with Gasteiger partial charge >= 0.3 is 0 Å². The highest BCUT2D eigenvalue weighted by Crippen LogP contribution is 2.35. The number of sulfonamides is 1. The number of piperidine rings is 1. The number of nitrogens with zero attached hydrogens (tertiary/aromatic N) is 4. The highest BCUT2D eigenvalue weighted by Gasteiger charge is 2.27. The average Bonchev–Trinajstić information content (AvgIpc) is 3.41. The van der Waals surface area contributed by atoms with Crippen LogP contribution < -0.4 is 9.64 Å². The van der Waals surface area contributed by atoms with E-state index in [1.807, 2.05) is 25.1 Å². The van der Waals surface area contributed by atoms with Crippen LogP contribution in [0.1, 0.15) is 43.0 Å². The summed E-state index contributed by atoms with van der Waals surface area (Å²) in [7, 11) is -3.56. The van der Waals surface area contributed by atoms with Crippen LogP contribution in [0.4, 0.5) is 5.13 Å². The molecule has 0 saturated carbocycles. The molecule has 0 bridgehead atoms. The van der Waals surface area contributed by atoms with Crippen LogP contribution in [-0.4, -0.2) is 87.6 Å². The summed E-state index contributed by atoms with van der Waals surface area (Å²) in [6, 6.07) is 12.1. The topological polar surface area (TPSA) is 92.3 Å². The van der Waals surface area contributed by atoms with E-state index < -0.39 is 10.0 Å². The molecule has 11 heteroatoms. The molecule has 2 aliphatic rings. The molecular formula is C28H36N4O5S2. The second kappa shape index (κ2) is 12.7. The van der Waals surface area contributed by atoms with E-state index in [1.165, 1.54) is 11.3 Å². The molecule has 5 rings (SSSR count). The number of morpholine rings is 1. The van der Waals surface area contributed by atoms with Crippen molar-refractivity contribution in [2.24, 2.45) is 0 Å². The molecule has 2 aliphatic heterocycles. The first kappa shape index (κ1) is 28.0. The number of hydrogen-bond acceptors (Lipinski definition) is 8. The Labute approximate surface area is 234 Å². The zero-order valence-corrected chi connectivity index (χ0v) is 24.0. The number of hydrogen-bond donors (Lipinski definition) is 0. The number of anilines is 1. The fourth-order valence-electron chi connectivity index (χ4n) is 5.04. The number of thiazole rings is 1. The van der Waals surface area contributed by atoms with Crippen molar-refractivity contribution >= 4 is 42.6 Å². The van der Waals surface area contributed by atoms with Crippen LogP contribution in [0.15, 0.2) is 47.4 Å². The van der Waals surface area contributed by atoms with Gasteiger partial charge in [0.15, 0.2) is 5.13 Å². The molecule has 0 radical (unpaired) electrons. The molecule has 210 valence electrons. The second-order valence-corrected chi connectivity index (χ2v) is 12.7. The van der Waals surface area contributed by atoms with E-state index in [1.54, 1.807) is 33.5 Å². The Hall–Kier alpha value is -2.57. The molecule has 0 atom stereocenters. The molecular weight excluding hydrogens is 536 g/mol. The Morgan fingerprint density at radius 2 is 1.79 bits per heavy atom. The number of carbonyl (C=O) groups is 1. The maximum Gasteiger partial charge on any atom is 0.260 e. The molecule has 0 N–H and O–H groups in total. The van der Waals surface area contributed by atoms with Crippen molar-refractivity contribution in [3.8, 4) is 5.75 Å². The molecule has 2 aromatic carbocycles. The van der Waals surface area contributed by atoms with Crippen molar-refractivity contribution in [2.45, 2.75) is 37.5 Å². The lowest BCUT2D eigenvalue weighted by Gasteiger charge is -2.28. The van der Waals surface area contributed by atoms with Gasteiger partial charge in [0.2, 0.25) is 10.0 Å². The van der Waals surface area contributed by atoms with Gasteiger partial charge in [-0.05, 0) is 62.6 Å². The van der Waals surface area contributed by atoms with Crippen molar-refractivity contribution < 1.29 is 22.7 Å². The zero-order chi connectivity index (χ0) is 27.2. The van der Waals surface area contributed by atoms with Gasteiger partial charge in [-0.3, -0.25) is 14.6 Å². The highest BCUT2D eigenvalue weighted by molar-refractivity contribution is 7.89. The third-order valence-corrected chi connectivity index (χ3v) is 10.1. The summed E-state index contributed by atoms with van der Waals surface area (Å²) >= 11 is 1.46. The molecule has 1 amide bonds. The van der Waals surface area contributed by atoms with E-state index in [2.05, 4.69) is 4.90 Å². The van der Waals surface area contributed by atoms with Gasteiger partial charge in [-0.2, -0.15) is 4.31 Å². The summed E-state index contributed by atoms with van der Waals surface area (Å²) in [5.74, 6) is 0.501. The first-order valence-electron chi connectivity index (χ1n) is 13.7. The summed E-state index contributed by atoms with van der Waals surface area (Å²) in [6.07, 6.45) is 3.59. The zero-order valence-electron chi connectivity index (χ0n) is 22.4. The molecule has 0 unspecified atom stereocenters. The third kappa shape index (κ3) is 6.44. The van der Waals surface area contributed by atoms with Crippen LogP contribution in [0.3, 0.4) is 0 Å². The molecule has 0 aliphatic carbocycles. The lowest BCUT2D eigenvalue weighted by molar-refractivity contribution is 0.0376. The fourth-order valence-corrected chi connectivity index (χ4v) is 7.56. The number of rotatable bonds is 10. The third-order valence-electron chi connectivity index (χ3n) is 7.16. The van der Waals surface area contributed by atoms with Gasteiger partial charge in [0.25, 0.3) is 5.91 Å². The molecule has 0 spiro atoms. The van der Waals surface area contributed by atoms with Crippen LogP contribution in [0.2, 0.25) is 0 Å². The fraction of sp³-hybridized carbons (Fsp3) is 0.500. The van der Waals surface area contributed by atoms with Crippen molar-refractivity contribution in [3.05, 3.63) is 48.0 Å². The van der Waals surface area contributed by atoms with Gasteiger partial charge in [0.05, 0.1) is 29.4 Å². The van der Waals surface area contributed by atoms with Crippen LogP contribution in [0, 0.1) is 0 Å². The van der Waals surface area contributed by atoms with Crippen molar-refractivity contribution in [1.82, 2.24) is 14.2 Å². The number of fused-ring (bicyclic) bond motifs is 1. The van der Waals surface area contributed by atoms with Gasteiger partial charge in [-0.15, -0.1) is 0 Å². The van der Waals surface area contributed by atoms with E-state index in [4.69, 9.17) is 14.5 Å². The predicted molar refractivity (Wildman–Crippen MR) is 153 cm³/mol. The van der Waals surface area contributed by atoms with Crippen LogP contribution in [-0.2, 0) is 14.8 Å². The van der Waals surface area contributed by atoms with Gasteiger partial charge in [-0.1, -0.05) is 23.8 Å². The predicted octanol–water partition coefficient (Wildman–Crippen LogP) is 4.24. The second-order valence-electron chi connectivity index (χ2n) is 9.79. The number of ether oxygens (including phenoxy) is 2. The Kier molecular flexibility index (Phi) is 9.13. The molecule has 9 nitrogen and oxygen atoms in total. The number of benzene rings is 2. The van der Waals surface area contributed by atoms with E-state index in [0.717, 1.165) is 68.7 Å². The summed E-state index contributed by atoms with van der Waals surface area (Å²) < 4.78 is 39.9. The SMILES string of the molecule is CCOc1cccc2sc(N(CCCN3CCOCC3)C(=O)c3ccc(S(=O)(=O)N4CCCCC4)cc3)nc12. The van der Waals surface area contributed by atoms with Crippen molar-refractivity contribution in [2.75, 3.05) is 64.0 Å².